The van der Waals surface area contributed by atoms with Crippen molar-refractivity contribution in [3.8, 4) is 17.4 Å². The number of oxazole rings is 1. The van der Waals surface area contributed by atoms with Crippen molar-refractivity contribution in [1.82, 2.24) is 4.98 Å². The molecule has 2 heterocycles. The Kier molecular flexibility index (Phi) is 6.41. The second-order valence-corrected chi connectivity index (χ2v) is 7.63. The molecule has 0 amide bonds. The minimum absolute atomic E-state index is 0.0552. The average Bonchev–Trinajstić information content (AvgIpc) is 3.42. The van der Waals surface area contributed by atoms with Crippen LogP contribution in [-0.2, 0) is 20.7 Å². The fourth-order valence-electron chi connectivity index (χ4n) is 3.73. The average molecular weight is 460 g/mol. The van der Waals surface area contributed by atoms with Crippen molar-refractivity contribution in [2.75, 3.05) is 30.5 Å². The van der Waals surface area contributed by atoms with Gasteiger partial charge in [0.05, 0.1) is 24.0 Å². The maximum absolute atomic E-state index is 13.1. The topological polar surface area (TPSA) is 99.7 Å². The number of anilines is 2. The van der Waals surface area contributed by atoms with Gasteiger partial charge in [0, 0.05) is 26.1 Å². The number of hydrogen-bond acceptors (Lipinski definition) is 8. The number of nitriles is 1. The van der Waals surface area contributed by atoms with E-state index in [4.69, 9.17) is 9.15 Å². The zero-order valence-corrected chi connectivity index (χ0v) is 18.6. The molecular weight excluding hydrogens is 439 g/mol. The summed E-state index contributed by atoms with van der Waals surface area (Å²) < 4.78 is 23.8. The van der Waals surface area contributed by atoms with Crippen LogP contribution in [0.5, 0.6) is 0 Å². The number of carbonyl (C=O) groups excluding carboxylic acids is 2. The first-order valence-electron chi connectivity index (χ1n) is 10.5. The Hall–Kier alpha value is -4.45. The molecule has 1 aromatic heterocycles. The fraction of sp³-hybridized carbons (Fsp3) is 0.200. The number of ether oxygens (including phenoxy) is 1. The van der Waals surface area contributed by atoms with Crippen LogP contribution >= 0.6 is 0 Å². The van der Waals surface area contributed by atoms with Crippen molar-refractivity contribution in [3.63, 3.8) is 0 Å². The second kappa shape index (κ2) is 9.58. The quantitative estimate of drug-likeness (QED) is 0.298. The number of aryl methyl sites for hydroxylation is 1. The summed E-state index contributed by atoms with van der Waals surface area (Å²) >= 11 is 0. The molecule has 0 bridgehead atoms. The maximum atomic E-state index is 13.1. The first kappa shape index (κ1) is 22.7. The van der Waals surface area contributed by atoms with E-state index in [1.807, 2.05) is 30.3 Å². The first-order chi connectivity index (χ1) is 16.4. The molecule has 4 rings (SSSR count). The van der Waals surface area contributed by atoms with Gasteiger partial charge in [0.15, 0.2) is 18.3 Å². The molecule has 1 aliphatic heterocycles. The highest BCUT2D eigenvalue weighted by atomic mass is 19.1. The number of carbonyl (C=O) groups is 2. The third kappa shape index (κ3) is 4.52. The number of ketones is 1. The van der Waals surface area contributed by atoms with E-state index in [0.717, 1.165) is 11.4 Å². The molecule has 0 saturated carbocycles. The summed E-state index contributed by atoms with van der Waals surface area (Å²) in [7, 11) is 3.54. The lowest BCUT2D eigenvalue weighted by Gasteiger charge is -2.19. The lowest BCUT2D eigenvalue weighted by Crippen LogP contribution is -2.27. The zero-order chi connectivity index (χ0) is 24.2. The Labute approximate surface area is 195 Å². The molecule has 3 aromatic rings. The van der Waals surface area contributed by atoms with Gasteiger partial charge in [-0.05, 0) is 36.4 Å². The molecular formula is C25H21FN4O4. The predicted octanol–water partition coefficient (Wildman–Crippen LogP) is 3.85. The van der Waals surface area contributed by atoms with Gasteiger partial charge in [-0.3, -0.25) is 9.59 Å². The number of para-hydroxylation sites is 2. The number of nitrogens with zero attached hydrogens (tertiary/aromatic N) is 4. The van der Waals surface area contributed by atoms with Crippen LogP contribution in [-0.4, -0.2) is 37.4 Å². The number of fused-ring (bicyclic) bond motifs is 1. The molecule has 2 aromatic carbocycles. The highest BCUT2D eigenvalue weighted by Crippen LogP contribution is 2.40. The number of hydrogen-bond donors (Lipinski definition) is 0. The molecule has 1 aliphatic rings. The molecule has 0 atom stereocenters. The van der Waals surface area contributed by atoms with E-state index < -0.39 is 18.4 Å². The van der Waals surface area contributed by atoms with Crippen molar-refractivity contribution in [3.05, 3.63) is 77.8 Å². The number of esters is 1. The molecule has 0 radical (unpaired) electrons. The van der Waals surface area contributed by atoms with Crippen molar-refractivity contribution < 1.29 is 23.1 Å². The van der Waals surface area contributed by atoms with Crippen molar-refractivity contribution in [2.45, 2.75) is 12.8 Å². The second-order valence-electron chi connectivity index (χ2n) is 7.63. The van der Waals surface area contributed by atoms with Gasteiger partial charge in [-0.2, -0.15) is 5.26 Å². The Morgan fingerprint density at radius 2 is 1.74 bits per heavy atom. The van der Waals surface area contributed by atoms with Gasteiger partial charge in [0.25, 0.3) is 0 Å². The van der Waals surface area contributed by atoms with Crippen LogP contribution in [0.3, 0.4) is 0 Å². The van der Waals surface area contributed by atoms with Gasteiger partial charge in [-0.1, -0.05) is 12.1 Å². The monoisotopic (exact) mass is 460 g/mol. The Balaban J connectivity index is 1.34. The van der Waals surface area contributed by atoms with Crippen molar-refractivity contribution in [2.24, 2.45) is 0 Å². The number of halogens is 1. The molecule has 172 valence electrons. The van der Waals surface area contributed by atoms with E-state index in [0.29, 0.717) is 23.0 Å². The summed E-state index contributed by atoms with van der Waals surface area (Å²) in [5.41, 5.74) is 2.30. The number of benzene rings is 2. The van der Waals surface area contributed by atoms with E-state index in [2.05, 4.69) is 4.98 Å². The van der Waals surface area contributed by atoms with Gasteiger partial charge in [0.2, 0.25) is 5.78 Å². The molecule has 0 unspecified atom stereocenters. The Morgan fingerprint density at radius 3 is 2.35 bits per heavy atom. The molecule has 34 heavy (non-hydrogen) atoms. The summed E-state index contributed by atoms with van der Waals surface area (Å²) in [6.45, 7) is -0.546. The normalized spacial score (nSPS) is 12.4. The largest absolute Gasteiger partial charge is 0.457 e. The summed E-state index contributed by atoms with van der Waals surface area (Å²) in [6.07, 6.45) is 1.61. The van der Waals surface area contributed by atoms with E-state index in [9.17, 15) is 19.2 Å². The molecule has 0 N–H and O–H groups in total. The van der Waals surface area contributed by atoms with Gasteiger partial charge in [-0.15, -0.1) is 0 Å². The minimum atomic E-state index is -0.617. The van der Waals surface area contributed by atoms with Crippen LogP contribution in [0.15, 0.2) is 70.5 Å². The number of aromatic nitrogens is 1. The van der Waals surface area contributed by atoms with Crippen LogP contribution in [0.2, 0.25) is 0 Å². The van der Waals surface area contributed by atoms with E-state index in [-0.39, 0.29) is 24.2 Å². The van der Waals surface area contributed by atoms with Crippen molar-refractivity contribution in [1.29, 1.82) is 5.26 Å². The number of rotatable bonds is 7. The molecule has 8 nitrogen and oxygen atoms in total. The van der Waals surface area contributed by atoms with Crippen LogP contribution < -0.4 is 9.80 Å². The van der Waals surface area contributed by atoms with Crippen LogP contribution in [0.4, 0.5) is 15.8 Å². The first-order valence-corrected chi connectivity index (χ1v) is 10.5. The lowest BCUT2D eigenvalue weighted by atomic mass is 10.2. The number of Topliss-reactive ketones (excluding diaryl/α,β-unsaturated/α-hetero) is 1. The van der Waals surface area contributed by atoms with E-state index >= 15 is 0 Å². The molecule has 0 spiro atoms. The highest BCUT2D eigenvalue weighted by molar-refractivity contribution is 6.03. The highest BCUT2D eigenvalue weighted by Gasteiger charge is 2.31. The van der Waals surface area contributed by atoms with Crippen LogP contribution in [0, 0.1) is 17.1 Å². The Bertz CT molecular complexity index is 1280. The molecule has 0 fully saturated rings. The molecule has 9 heteroatoms. The van der Waals surface area contributed by atoms with Gasteiger partial charge in [0.1, 0.15) is 23.3 Å². The summed E-state index contributed by atoms with van der Waals surface area (Å²) in [5, 5.41) is 9.64. The minimum Gasteiger partial charge on any atom is -0.457 e. The van der Waals surface area contributed by atoms with Gasteiger partial charge >= 0.3 is 5.97 Å². The van der Waals surface area contributed by atoms with Crippen LogP contribution in [0.25, 0.3) is 11.3 Å². The Morgan fingerprint density at radius 1 is 1.09 bits per heavy atom. The maximum Gasteiger partial charge on any atom is 0.306 e. The smallest absolute Gasteiger partial charge is 0.306 e. The summed E-state index contributed by atoms with van der Waals surface area (Å²) in [6, 6.07) is 15.2. The predicted molar refractivity (Wildman–Crippen MR) is 122 cm³/mol. The standard InChI is InChI=1S/C25H21FN4O4/c1-29-19-5-3-4-6-20(19)30(2)25(29)18(13-27)21(31)15-33-24(32)12-11-23-28-14-22(34-23)16-7-9-17(26)10-8-16/h3-10,14H,11-12,15H2,1-2H3. The van der Waals surface area contributed by atoms with Crippen LogP contribution in [0.1, 0.15) is 12.3 Å². The van der Waals surface area contributed by atoms with Gasteiger partial charge < -0.3 is 19.0 Å². The summed E-state index contributed by atoms with van der Waals surface area (Å²) in [5.74, 6) is -0.366. The summed E-state index contributed by atoms with van der Waals surface area (Å²) in [4.78, 5) is 32.5. The van der Waals surface area contributed by atoms with Crippen molar-refractivity contribution >= 4 is 23.1 Å². The van der Waals surface area contributed by atoms with E-state index in [1.165, 1.54) is 18.3 Å². The van der Waals surface area contributed by atoms with E-state index in [1.54, 1.807) is 36.0 Å². The third-order valence-electron chi connectivity index (χ3n) is 5.44. The molecule has 0 saturated heterocycles. The third-order valence-corrected chi connectivity index (χ3v) is 5.44. The molecule has 0 aliphatic carbocycles. The van der Waals surface area contributed by atoms with Gasteiger partial charge in [-0.25, -0.2) is 9.37 Å². The fourth-order valence-corrected chi connectivity index (χ4v) is 3.73. The SMILES string of the molecule is CN1C(=C(C#N)C(=O)COC(=O)CCc2ncc(-c3ccc(F)cc3)o2)N(C)c2ccccc21. The lowest BCUT2D eigenvalue weighted by molar-refractivity contribution is -0.147. The zero-order valence-electron chi connectivity index (χ0n) is 18.6.